The first-order valence-corrected chi connectivity index (χ1v) is 8.44. The third-order valence-electron chi connectivity index (χ3n) is 4.51. The number of rotatable bonds is 5. The van der Waals surface area contributed by atoms with Crippen LogP contribution in [-0.4, -0.2) is 29.2 Å². The first-order valence-electron chi connectivity index (χ1n) is 8.06. The molecule has 0 bridgehead atoms. The van der Waals surface area contributed by atoms with Gasteiger partial charge in [0, 0.05) is 10.6 Å². The number of hydrogen-bond donors (Lipinski definition) is 1. The Labute approximate surface area is 154 Å². The Kier molecular flexibility index (Phi) is 4.78. The predicted octanol–water partition coefficient (Wildman–Crippen LogP) is 3.52. The van der Waals surface area contributed by atoms with Crippen LogP contribution in [0, 0.1) is 5.82 Å². The number of nitrogens with zero attached hydrogens (tertiary/aromatic N) is 1. The van der Waals surface area contributed by atoms with Gasteiger partial charge in [0.1, 0.15) is 11.4 Å². The summed E-state index contributed by atoms with van der Waals surface area (Å²) in [5.74, 6) is -1.41. The zero-order chi connectivity index (χ0) is 18.9. The highest BCUT2D eigenvalue weighted by Crippen LogP contribution is 2.33. The lowest BCUT2D eigenvalue weighted by molar-refractivity contribution is -0.131. The summed E-state index contributed by atoms with van der Waals surface area (Å²) in [5.41, 5.74) is -0.406. The van der Waals surface area contributed by atoms with Crippen molar-refractivity contribution in [1.29, 1.82) is 0 Å². The van der Waals surface area contributed by atoms with Crippen LogP contribution in [0.25, 0.3) is 0 Å². The molecule has 1 aliphatic heterocycles. The summed E-state index contributed by atoms with van der Waals surface area (Å²) in [5, 5.41) is 3.21. The Morgan fingerprint density at radius 3 is 2.31 bits per heavy atom. The van der Waals surface area contributed by atoms with E-state index in [2.05, 4.69) is 5.32 Å². The molecular weight excluding hydrogens is 359 g/mol. The minimum atomic E-state index is -1.23. The summed E-state index contributed by atoms with van der Waals surface area (Å²) < 4.78 is 13.0. The SMILES string of the molecule is CCC1(c2ccc(Cl)cc2)NC(=O)N(CC(=O)c2ccc(F)cc2)C1=O. The first-order chi connectivity index (χ1) is 12.4. The molecule has 1 unspecified atom stereocenters. The minimum absolute atomic E-state index is 0.229. The van der Waals surface area contributed by atoms with Crippen molar-refractivity contribution in [3.63, 3.8) is 0 Å². The van der Waals surface area contributed by atoms with Crippen LogP contribution in [0.3, 0.4) is 0 Å². The summed E-state index contributed by atoms with van der Waals surface area (Å²) in [6.45, 7) is 1.36. The molecule has 134 valence electrons. The van der Waals surface area contributed by atoms with Gasteiger partial charge in [0.25, 0.3) is 5.91 Å². The maximum Gasteiger partial charge on any atom is 0.325 e. The van der Waals surface area contributed by atoms with E-state index in [1.165, 1.54) is 12.1 Å². The minimum Gasteiger partial charge on any atom is -0.319 e. The Morgan fingerprint density at radius 1 is 1.12 bits per heavy atom. The smallest absolute Gasteiger partial charge is 0.319 e. The van der Waals surface area contributed by atoms with Crippen molar-refractivity contribution in [2.45, 2.75) is 18.9 Å². The van der Waals surface area contributed by atoms with Crippen LogP contribution in [0.2, 0.25) is 5.02 Å². The number of carbonyl (C=O) groups is 3. The molecule has 0 aliphatic carbocycles. The van der Waals surface area contributed by atoms with Gasteiger partial charge in [-0.25, -0.2) is 9.18 Å². The highest BCUT2D eigenvalue weighted by Gasteiger charge is 2.51. The highest BCUT2D eigenvalue weighted by molar-refractivity contribution is 6.30. The maximum absolute atomic E-state index is 13.0. The van der Waals surface area contributed by atoms with Gasteiger partial charge < -0.3 is 5.32 Å². The second-order valence-corrected chi connectivity index (χ2v) is 6.45. The summed E-state index contributed by atoms with van der Waals surface area (Å²) >= 11 is 5.89. The van der Waals surface area contributed by atoms with Crippen LogP contribution in [-0.2, 0) is 10.3 Å². The van der Waals surface area contributed by atoms with E-state index >= 15 is 0 Å². The number of amides is 3. The molecule has 1 N–H and O–H groups in total. The number of Topliss-reactive ketones (excluding diaryl/α,β-unsaturated/α-hetero) is 1. The van der Waals surface area contributed by atoms with Crippen molar-refractivity contribution in [1.82, 2.24) is 10.2 Å². The molecule has 3 rings (SSSR count). The third-order valence-corrected chi connectivity index (χ3v) is 4.76. The molecular formula is C19H16ClFN2O3. The average Bonchev–Trinajstić information content (AvgIpc) is 2.88. The van der Waals surface area contributed by atoms with E-state index in [1.807, 2.05) is 0 Å². The van der Waals surface area contributed by atoms with Gasteiger partial charge in [0.2, 0.25) is 0 Å². The lowest BCUT2D eigenvalue weighted by Gasteiger charge is -2.25. The first kappa shape index (κ1) is 18.1. The predicted molar refractivity (Wildman–Crippen MR) is 94.4 cm³/mol. The van der Waals surface area contributed by atoms with Gasteiger partial charge in [-0.3, -0.25) is 14.5 Å². The summed E-state index contributed by atoms with van der Waals surface area (Å²) in [6.07, 6.45) is 0.320. The summed E-state index contributed by atoms with van der Waals surface area (Å²) in [4.78, 5) is 38.6. The Hall–Kier alpha value is -2.73. The number of ketones is 1. The Morgan fingerprint density at radius 2 is 1.73 bits per heavy atom. The second-order valence-electron chi connectivity index (χ2n) is 6.02. The molecule has 0 aromatic heterocycles. The second kappa shape index (κ2) is 6.88. The zero-order valence-electron chi connectivity index (χ0n) is 14.0. The molecule has 1 fully saturated rings. The number of urea groups is 1. The topological polar surface area (TPSA) is 66.5 Å². The lowest BCUT2D eigenvalue weighted by atomic mass is 9.87. The Balaban J connectivity index is 1.87. The average molecular weight is 375 g/mol. The number of benzene rings is 2. The quantitative estimate of drug-likeness (QED) is 0.643. The molecule has 1 saturated heterocycles. The number of imide groups is 1. The fourth-order valence-electron chi connectivity index (χ4n) is 3.01. The van der Waals surface area contributed by atoms with Gasteiger partial charge in [0.15, 0.2) is 5.78 Å². The van der Waals surface area contributed by atoms with Crippen LogP contribution >= 0.6 is 11.6 Å². The molecule has 1 atom stereocenters. The maximum atomic E-state index is 13.0. The van der Waals surface area contributed by atoms with Gasteiger partial charge >= 0.3 is 6.03 Å². The molecule has 5 nitrogen and oxygen atoms in total. The van der Waals surface area contributed by atoms with Crippen molar-refractivity contribution < 1.29 is 18.8 Å². The fourth-order valence-corrected chi connectivity index (χ4v) is 3.14. The molecule has 26 heavy (non-hydrogen) atoms. The van der Waals surface area contributed by atoms with Crippen molar-refractivity contribution >= 4 is 29.3 Å². The fraction of sp³-hybridized carbons (Fsp3) is 0.211. The van der Waals surface area contributed by atoms with Crippen molar-refractivity contribution in [3.05, 3.63) is 70.5 Å². The standard InChI is InChI=1S/C19H16ClFN2O3/c1-2-19(13-5-7-14(20)8-6-13)17(25)23(18(26)22-19)11-16(24)12-3-9-15(21)10-4-12/h3-10H,2,11H2,1H3,(H,22,26). The van der Waals surface area contributed by atoms with Crippen molar-refractivity contribution in [2.24, 2.45) is 0 Å². The molecule has 0 spiro atoms. The Bertz CT molecular complexity index is 867. The van der Waals surface area contributed by atoms with Gasteiger partial charge in [-0.15, -0.1) is 0 Å². The van der Waals surface area contributed by atoms with Crippen molar-refractivity contribution in [3.8, 4) is 0 Å². The van der Waals surface area contributed by atoms with Crippen LogP contribution in [0.4, 0.5) is 9.18 Å². The van der Waals surface area contributed by atoms with Gasteiger partial charge in [-0.2, -0.15) is 0 Å². The van der Waals surface area contributed by atoms with E-state index in [0.29, 0.717) is 17.0 Å². The van der Waals surface area contributed by atoms with Crippen LogP contribution in [0.5, 0.6) is 0 Å². The van der Waals surface area contributed by atoms with Gasteiger partial charge in [0.05, 0.1) is 6.54 Å². The van der Waals surface area contributed by atoms with E-state index in [0.717, 1.165) is 17.0 Å². The van der Waals surface area contributed by atoms with E-state index in [9.17, 15) is 18.8 Å². The van der Waals surface area contributed by atoms with Gasteiger partial charge in [-0.1, -0.05) is 30.7 Å². The zero-order valence-corrected chi connectivity index (χ0v) is 14.7. The molecule has 7 heteroatoms. The molecule has 2 aromatic carbocycles. The monoisotopic (exact) mass is 374 g/mol. The number of halogens is 2. The number of hydrogen-bond acceptors (Lipinski definition) is 3. The van der Waals surface area contributed by atoms with Crippen LogP contribution < -0.4 is 5.32 Å². The third kappa shape index (κ3) is 3.08. The number of nitrogens with one attached hydrogen (secondary N) is 1. The largest absolute Gasteiger partial charge is 0.325 e. The summed E-state index contributed by atoms with van der Waals surface area (Å²) in [6, 6.07) is 10.9. The van der Waals surface area contributed by atoms with E-state index in [1.54, 1.807) is 31.2 Å². The molecule has 2 aromatic rings. The molecule has 1 heterocycles. The van der Waals surface area contributed by atoms with E-state index < -0.39 is 35.6 Å². The molecule has 0 saturated carbocycles. The van der Waals surface area contributed by atoms with Crippen LogP contribution in [0.1, 0.15) is 29.3 Å². The highest BCUT2D eigenvalue weighted by atomic mass is 35.5. The molecule has 3 amide bonds. The van der Waals surface area contributed by atoms with Crippen LogP contribution in [0.15, 0.2) is 48.5 Å². The van der Waals surface area contributed by atoms with Gasteiger partial charge in [-0.05, 0) is 48.4 Å². The lowest BCUT2D eigenvalue weighted by Crippen LogP contribution is -2.43. The molecule has 1 aliphatic rings. The number of carbonyl (C=O) groups excluding carboxylic acids is 3. The normalized spacial score (nSPS) is 19.6. The summed E-state index contributed by atoms with van der Waals surface area (Å²) in [7, 11) is 0. The molecule has 0 radical (unpaired) electrons. The van der Waals surface area contributed by atoms with E-state index in [4.69, 9.17) is 11.6 Å². The van der Waals surface area contributed by atoms with Crippen molar-refractivity contribution in [2.75, 3.05) is 6.54 Å². The van der Waals surface area contributed by atoms with E-state index in [-0.39, 0.29) is 5.56 Å².